The Morgan fingerprint density at radius 1 is 1.42 bits per heavy atom. The van der Waals surface area contributed by atoms with E-state index in [1.54, 1.807) is 4.90 Å². The van der Waals surface area contributed by atoms with Gasteiger partial charge in [0.05, 0.1) is 0 Å². The van der Waals surface area contributed by atoms with Gasteiger partial charge in [0.15, 0.2) is 0 Å². The first-order valence-corrected chi connectivity index (χ1v) is 4.60. The van der Waals surface area contributed by atoms with Crippen LogP contribution in [0.3, 0.4) is 0 Å². The smallest absolute Gasteiger partial charge is 0.245 e. The third kappa shape index (κ3) is 4.94. The van der Waals surface area contributed by atoms with Gasteiger partial charge in [0, 0.05) is 13.6 Å². The molecule has 0 fully saturated rings. The van der Waals surface area contributed by atoms with Gasteiger partial charge in [-0.3, -0.25) is 4.79 Å². The lowest BCUT2D eigenvalue weighted by Crippen LogP contribution is -2.25. The van der Waals surface area contributed by atoms with Crippen molar-refractivity contribution in [1.82, 2.24) is 4.90 Å². The molecule has 0 unspecified atom stereocenters. The largest absolute Gasteiger partial charge is 0.342 e. The molecule has 0 aromatic heterocycles. The zero-order chi connectivity index (χ0) is 9.40. The molecular weight excluding hydrogens is 150 g/mol. The maximum absolute atomic E-state index is 11.0. The van der Waals surface area contributed by atoms with Crippen molar-refractivity contribution in [2.45, 2.75) is 32.6 Å². The van der Waals surface area contributed by atoms with Crippen molar-refractivity contribution in [2.75, 3.05) is 13.6 Å². The predicted molar refractivity (Wildman–Crippen MR) is 52.0 cm³/mol. The standard InChI is InChI=1S/C10H19NO/c1-4-6-7-8-9-11(3)10(12)5-2/h5H,2,4,6-9H2,1,3H3. The van der Waals surface area contributed by atoms with Crippen LogP contribution >= 0.6 is 0 Å². The van der Waals surface area contributed by atoms with Crippen molar-refractivity contribution in [3.05, 3.63) is 12.7 Å². The molecule has 0 rings (SSSR count). The molecule has 0 heterocycles. The molecule has 0 saturated carbocycles. The second kappa shape index (κ2) is 6.89. The van der Waals surface area contributed by atoms with Gasteiger partial charge in [0.2, 0.25) is 5.91 Å². The Kier molecular flexibility index (Phi) is 6.44. The van der Waals surface area contributed by atoms with Crippen molar-refractivity contribution in [3.8, 4) is 0 Å². The lowest BCUT2D eigenvalue weighted by atomic mass is 10.2. The van der Waals surface area contributed by atoms with Crippen molar-refractivity contribution in [2.24, 2.45) is 0 Å². The predicted octanol–water partition coefficient (Wildman–Crippen LogP) is 2.21. The Bertz CT molecular complexity index is 143. The van der Waals surface area contributed by atoms with Crippen molar-refractivity contribution in [3.63, 3.8) is 0 Å². The Morgan fingerprint density at radius 3 is 2.58 bits per heavy atom. The van der Waals surface area contributed by atoms with E-state index in [0.29, 0.717) is 0 Å². The van der Waals surface area contributed by atoms with E-state index in [4.69, 9.17) is 0 Å². The topological polar surface area (TPSA) is 20.3 Å². The highest BCUT2D eigenvalue weighted by Gasteiger charge is 2.01. The van der Waals surface area contributed by atoms with Crippen molar-refractivity contribution < 1.29 is 4.79 Å². The fraction of sp³-hybridized carbons (Fsp3) is 0.700. The molecule has 0 bridgehead atoms. The number of carbonyl (C=O) groups is 1. The maximum Gasteiger partial charge on any atom is 0.245 e. The summed E-state index contributed by atoms with van der Waals surface area (Å²) >= 11 is 0. The first-order chi connectivity index (χ1) is 5.72. The summed E-state index contributed by atoms with van der Waals surface area (Å²) in [6.07, 6.45) is 6.17. The van der Waals surface area contributed by atoms with Crippen LogP contribution in [-0.4, -0.2) is 24.4 Å². The van der Waals surface area contributed by atoms with Gasteiger partial charge in [-0.15, -0.1) is 0 Å². The van der Waals surface area contributed by atoms with E-state index in [2.05, 4.69) is 13.5 Å². The van der Waals surface area contributed by atoms with Crippen LogP contribution in [0.2, 0.25) is 0 Å². The monoisotopic (exact) mass is 169 g/mol. The van der Waals surface area contributed by atoms with E-state index >= 15 is 0 Å². The summed E-state index contributed by atoms with van der Waals surface area (Å²) in [5.41, 5.74) is 0. The highest BCUT2D eigenvalue weighted by molar-refractivity contribution is 5.86. The van der Waals surface area contributed by atoms with Gasteiger partial charge in [0.1, 0.15) is 0 Å². The summed E-state index contributed by atoms with van der Waals surface area (Å²) in [5.74, 6) is 0.0199. The maximum atomic E-state index is 11.0. The minimum Gasteiger partial charge on any atom is -0.342 e. The Labute approximate surface area is 75.3 Å². The van der Waals surface area contributed by atoms with Crippen LogP contribution in [-0.2, 0) is 4.79 Å². The molecule has 0 atom stereocenters. The van der Waals surface area contributed by atoms with Gasteiger partial charge < -0.3 is 4.90 Å². The molecule has 70 valence electrons. The highest BCUT2D eigenvalue weighted by Crippen LogP contribution is 2.00. The molecule has 2 nitrogen and oxygen atoms in total. The zero-order valence-corrected chi connectivity index (χ0v) is 8.18. The molecule has 0 N–H and O–H groups in total. The second-order valence-electron chi connectivity index (χ2n) is 3.02. The molecule has 0 aliphatic heterocycles. The first-order valence-electron chi connectivity index (χ1n) is 4.60. The van der Waals surface area contributed by atoms with Crippen LogP contribution in [0, 0.1) is 0 Å². The number of hydrogen-bond acceptors (Lipinski definition) is 1. The molecule has 0 aliphatic carbocycles. The molecule has 0 aromatic rings. The van der Waals surface area contributed by atoms with Gasteiger partial charge in [-0.2, -0.15) is 0 Å². The third-order valence-corrected chi connectivity index (χ3v) is 1.90. The molecule has 0 spiro atoms. The molecule has 0 aliphatic rings. The molecule has 12 heavy (non-hydrogen) atoms. The van der Waals surface area contributed by atoms with E-state index < -0.39 is 0 Å². The van der Waals surface area contributed by atoms with Gasteiger partial charge in [-0.25, -0.2) is 0 Å². The van der Waals surface area contributed by atoms with E-state index in [-0.39, 0.29) is 5.91 Å². The van der Waals surface area contributed by atoms with Crippen molar-refractivity contribution >= 4 is 5.91 Å². The zero-order valence-electron chi connectivity index (χ0n) is 8.18. The first kappa shape index (κ1) is 11.2. The number of unbranched alkanes of at least 4 members (excludes halogenated alkanes) is 3. The summed E-state index contributed by atoms with van der Waals surface area (Å²) in [6.45, 7) is 6.47. The second-order valence-corrected chi connectivity index (χ2v) is 3.02. The number of hydrogen-bond donors (Lipinski definition) is 0. The number of nitrogens with zero attached hydrogens (tertiary/aromatic N) is 1. The van der Waals surface area contributed by atoms with Crippen molar-refractivity contribution in [1.29, 1.82) is 0 Å². The summed E-state index contributed by atoms with van der Waals surface area (Å²) < 4.78 is 0. The molecule has 2 heteroatoms. The Morgan fingerprint density at radius 2 is 2.08 bits per heavy atom. The quantitative estimate of drug-likeness (QED) is 0.441. The number of amides is 1. The Balaban J connectivity index is 3.37. The summed E-state index contributed by atoms with van der Waals surface area (Å²) in [7, 11) is 1.82. The van der Waals surface area contributed by atoms with Crippen LogP contribution in [0.5, 0.6) is 0 Å². The van der Waals surface area contributed by atoms with E-state index in [1.165, 1.54) is 25.3 Å². The fourth-order valence-corrected chi connectivity index (χ4v) is 1.04. The molecule has 1 amide bonds. The van der Waals surface area contributed by atoms with Crippen LogP contribution in [0.15, 0.2) is 12.7 Å². The lowest BCUT2D eigenvalue weighted by Gasteiger charge is -2.14. The van der Waals surface area contributed by atoms with Gasteiger partial charge in [0.25, 0.3) is 0 Å². The Hall–Kier alpha value is -0.790. The van der Waals surface area contributed by atoms with Crippen LogP contribution in [0.25, 0.3) is 0 Å². The van der Waals surface area contributed by atoms with Crippen LogP contribution in [0.1, 0.15) is 32.6 Å². The molecule has 0 radical (unpaired) electrons. The van der Waals surface area contributed by atoms with Crippen LogP contribution in [0.4, 0.5) is 0 Å². The minimum atomic E-state index is 0.0199. The highest BCUT2D eigenvalue weighted by atomic mass is 16.2. The number of likely N-dealkylation sites (N-methyl/N-ethyl adjacent to an activating group) is 1. The number of rotatable bonds is 6. The average molecular weight is 169 g/mol. The lowest BCUT2D eigenvalue weighted by molar-refractivity contribution is -0.124. The third-order valence-electron chi connectivity index (χ3n) is 1.90. The van der Waals surface area contributed by atoms with E-state index in [0.717, 1.165) is 13.0 Å². The number of carbonyl (C=O) groups excluding carboxylic acids is 1. The normalized spacial score (nSPS) is 9.50. The van der Waals surface area contributed by atoms with Gasteiger partial charge in [-0.1, -0.05) is 32.8 Å². The van der Waals surface area contributed by atoms with Crippen LogP contribution < -0.4 is 0 Å². The summed E-state index contributed by atoms with van der Waals surface area (Å²) in [4.78, 5) is 12.7. The summed E-state index contributed by atoms with van der Waals surface area (Å²) in [5, 5.41) is 0. The fourth-order valence-electron chi connectivity index (χ4n) is 1.04. The molecule has 0 saturated heterocycles. The van der Waals surface area contributed by atoms with Gasteiger partial charge >= 0.3 is 0 Å². The summed E-state index contributed by atoms with van der Waals surface area (Å²) in [6, 6.07) is 0. The average Bonchev–Trinajstić information content (AvgIpc) is 2.10. The van der Waals surface area contributed by atoms with E-state index in [1.807, 2.05) is 7.05 Å². The molecule has 0 aromatic carbocycles. The molecular formula is C10H19NO. The van der Waals surface area contributed by atoms with Gasteiger partial charge in [-0.05, 0) is 12.5 Å². The minimum absolute atomic E-state index is 0.0199. The SMILES string of the molecule is C=CC(=O)N(C)CCCCCC. The van der Waals surface area contributed by atoms with E-state index in [9.17, 15) is 4.79 Å².